The largest absolute Gasteiger partial charge is 0.341 e. The molecule has 1 aromatic heterocycles. The average molecular weight is 626 g/mol. The van der Waals surface area contributed by atoms with Crippen molar-refractivity contribution in [1.29, 1.82) is 0 Å². The molecule has 5 fully saturated rings. The summed E-state index contributed by atoms with van der Waals surface area (Å²) in [6.07, 6.45) is 17.2. The number of rotatable bonds is 6. The van der Waals surface area contributed by atoms with Crippen LogP contribution in [0, 0.1) is 34.5 Å². The molecule has 0 spiro atoms. The molecule has 9 nitrogen and oxygen atoms in total. The first-order valence-electron chi connectivity index (χ1n) is 18.1. The highest BCUT2D eigenvalue weighted by atomic mass is 16.1. The molecule has 246 valence electrons. The van der Waals surface area contributed by atoms with Gasteiger partial charge in [0.05, 0.1) is 6.54 Å². The zero-order valence-corrected chi connectivity index (χ0v) is 28.1. The van der Waals surface area contributed by atoms with Crippen molar-refractivity contribution in [3.8, 4) is 0 Å². The van der Waals surface area contributed by atoms with Gasteiger partial charge in [0.2, 0.25) is 17.8 Å². The summed E-state index contributed by atoms with van der Waals surface area (Å²) >= 11 is 0. The van der Waals surface area contributed by atoms with Crippen molar-refractivity contribution in [3.05, 3.63) is 35.5 Å². The van der Waals surface area contributed by atoms with Crippen LogP contribution in [0.25, 0.3) is 0 Å². The van der Waals surface area contributed by atoms with Crippen LogP contribution < -0.4 is 14.7 Å². The average Bonchev–Trinajstić information content (AvgIpc) is 3.83. The number of hydrogen-bond acceptors (Lipinski definition) is 9. The smallest absolute Gasteiger partial charge is 0.232 e. The van der Waals surface area contributed by atoms with Crippen molar-refractivity contribution < 1.29 is 9.59 Å². The Morgan fingerprint density at radius 1 is 0.870 bits per heavy atom. The van der Waals surface area contributed by atoms with Crippen LogP contribution in [0.15, 0.2) is 35.5 Å². The third-order valence-electron chi connectivity index (χ3n) is 13.0. The lowest BCUT2D eigenvalue weighted by molar-refractivity contribution is -0.129. The first kappa shape index (κ1) is 30.3. The van der Waals surface area contributed by atoms with Crippen molar-refractivity contribution in [1.82, 2.24) is 19.9 Å². The van der Waals surface area contributed by atoms with E-state index in [1.807, 2.05) is 6.08 Å². The normalized spacial score (nSPS) is 36.0. The molecule has 0 amide bonds. The van der Waals surface area contributed by atoms with E-state index >= 15 is 0 Å². The molecule has 46 heavy (non-hydrogen) atoms. The highest BCUT2D eigenvalue weighted by Crippen LogP contribution is 2.65. The molecule has 3 saturated heterocycles. The summed E-state index contributed by atoms with van der Waals surface area (Å²) in [5.74, 6) is 4.52. The van der Waals surface area contributed by atoms with Crippen LogP contribution in [0.2, 0.25) is 0 Å². The van der Waals surface area contributed by atoms with Gasteiger partial charge < -0.3 is 14.7 Å². The molecule has 2 saturated carbocycles. The number of aromatic nitrogens is 3. The van der Waals surface area contributed by atoms with E-state index in [1.54, 1.807) is 6.08 Å². The van der Waals surface area contributed by atoms with Gasteiger partial charge in [-0.05, 0) is 93.6 Å². The van der Waals surface area contributed by atoms with Crippen LogP contribution in [0.3, 0.4) is 0 Å². The minimum atomic E-state index is -0.133. The first-order valence-corrected chi connectivity index (χ1v) is 18.1. The minimum absolute atomic E-state index is 0.00108. The van der Waals surface area contributed by atoms with Gasteiger partial charge in [-0.3, -0.25) is 14.5 Å². The van der Waals surface area contributed by atoms with Crippen molar-refractivity contribution in [3.63, 3.8) is 0 Å². The van der Waals surface area contributed by atoms with Gasteiger partial charge in [-0.25, -0.2) is 0 Å². The van der Waals surface area contributed by atoms with Crippen molar-refractivity contribution in [2.75, 3.05) is 73.6 Å². The zero-order chi connectivity index (χ0) is 31.6. The Bertz CT molecular complexity index is 1450. The third kappa shape index (κ3) is 5.03. The van der Waals surface area contributed by atoms with Crippen LogP contribution in [0.4, 0.5) is 17.8 Å². The third-order valence-corrected chi connectivity index (χ3v) is 13.0. The summed E-state index contributed by atoms with van der Waals surface area (Å²) in [6, 6.07) is 0. The van der Waals surface area contributed by atoms with E-state index in [9.17, 15) is 9.59 Å². The molecule has 7 aliphatic rings. The summed E-state index contributed by atoms with van der Waals surface area (Å²) in [5.41, 5.74) is 2.65. The molecule has 8 rings (SSSR count). The van der Waals surface area contributed by atoms with Gasteiger partial charge in [-0.1, -0.05) is 37.1 Å². The number of hydrogen-bond donors (Lipinski definition) is 0. The number of nitrogens with zero attached hydrogens (tertiary/aromatic N) is 7. The molecule has 0 unspecified atom stereocenters. The van der Waals surface area contributed by atoms with Gasteiger partial charge in [-0.15, -0.1) is 0 Å². The molecule has 3 aliphatic heterocycles. The summed E-state index contributed by atoms with van der Waals surface area (Å²) < 4.78 is 0. The number of fused-ring (bicyclic) bond motifs is 5. The van der Waals surface area contributed by atoms with E-state index in [0.29, 0.717) is 30.1 Å². The Labute approximate surface area is 274 Å². The number of Topliss-reactive ketones (excluding diaryl/α,β-unsaturated/α-hetero) is 1. The van der Waals surface area contributed by atoms with Gasteiger partial charge >= 0.3 is 0 Å². The maximum absolute atomic E-state index is 14.2. The van der Waals surface area contributed by atoms with E-state index in [4.69, 9.17) is 15.0 Å². The Balaban J connectivity index is 0.947. The monoisotopic (exact) mass is 625 g/mol. The lowest BCUT2D eigenvalue weighted by Gasteiger charge is -2.52. The van der Waals surface area contributed by atoms with Gasteiger partial charge in [0.25, 0.3) is 0 Å². The van der Waals surface area contributed by atoms with E-state index in [2.05, 4.69) is 52.5 Å². The number of anilines is 3. The van der Waals surface area contributed by atoms with E-state index in [1.165, 1.54) is 36.8 Å². The SMILES string of the molecule is C[C@@H]1C[C@H]2[C@@H]3CCC4=CC(=O)C=C[C@]4(C)C3=CC[C@]2(C)[C@H]1C(=O)CN1CCN(c2nc(N3CCCC3)nc(N3CCCC3)n2)CC1. The van der Waals surface area contributed by atoms with E-state index in [0.717, 1.165) is 95.9 Å². The molecule has 4 heterocycles. The van der Waals surface area contributed by atoms with Crippen molar-refractivity contribution in [2.45, 2.75) is 72.1 Å². The summed E-state index contributed by atoms with van der Waals surface area (Å²) in [6.45, 7) is 15.0. The van der Waals surface area contributed by atoms with Gasteiger partial charge in [0.15, 0.2) is 11.6 Å². The quantitative estimate of drug-likeness (QED) is 0.412. The number of allylic oxidation sites excluding steroid dienone is 6. The molecule has 4 aliphatic carbocycles. The maximum Gasteiger partial charge on any atom is 0.232 e. The van der Waals surface area contributed by atoms with Crippen LogP contribution >= 0.6 is 0 Å². The molecular formula is C37H51N7O2. The number of carbonyl (C=O) groups excluding carboxylic acids is 2. The van der Waals surface area contributed by atoms with Crippen LogP contribution in [0.5, 0.6) is 0 Å². The molecule has 0 N–H and O–H groups in total. The van der Waals surface area contributed by atoms with E-state index < -0.39 is 0 Å². The standard InChI is InChI=1S/C37H51N7O2/c1-25-22-30-28-9-8-26-23-27(45)10-12-36(26,2)29(28)11-13-37(30,3)32(25)31(46)24-41-18-20-44(21-19-41)35-39-33(42-14-4-5-15-42)38-34(40-35)43-16-6-7-17-43/h10-12,23,25,28,30,32H,4-9,13-22,24H2,1-3H3/t25-,28-,30+,32-,36+,37+/m1/s1. The molecular weight excluding hydrogens is 574 g/mol. The van der Waals surface area contributed by atoms with Gasteiger partial charge in [0, 0.05) is 63.7 Å². The van der Waals surface area contributed by atoms with Crippen LogP contribution in [-0.4, -0.2) is 90.3 Å². The molecule has 0 bridgehead atoms. The Morgan fingerprint density at radius 3 is 2.07 bits per heavy atom. The molecule has 9 heteroatoms. The second-order valence-corrected chi connectivity index (χ2v) is 15.8. The Morgan fingerprint density at radius 2 is 1.46 bits per heavy atom. The fraction of sp³-hybridized carbons (Fsp3) is 0.703. The molecule has 0 aromatic carbocycles. The van der Waals surface area contributed by atoms with Gasteiger partial charge in [-0.2, -0.15) is 15.0 Å². The topological polar surface area (TPSA) is 85.8 Å². The van der Waals surface area contributed by atoms with Crippen LogP contribution in [0.1, 0.15) is 72.1 Å². The fourth-order valence-corrected chi connectivity index (χ4v) is 10.6. The number of carbonyl (C=O) groups is 2. The summed E-state index contributed by atoms with van der Waals surface area (Å²) in [4.78, 5) is 50.6. The van der Waals surface area contributed by atoms with Crippen LogP contribution in [-0.2, 0) is 9.59 Å². The van der Waals surface area contributed by atoms with Crippen molar-refractivity contribution in [2.24, 2.45) is 34.5 Å². The fourth-order valence-electron chi connectivity index (χ4n) is 10.6. The number of piperazine rings is 1. The highest BCUT2D eigenvalue weighted by molar-refractivity contribution is 6.01. The maximum atomic E-state index is 14.2. The predicted octanol–water partition coefficient (Wildman–Crippen LogP) is 4.85. The number of ketones is 2. The second-order valence-electron chi connectivity index (χ2n) is 15.8. The van der Waals surface area contributed by atoms with Gasteiger partial charge in [0.1, 0.15) is 0 Å². The molecule has 6 atom stereocenters. The Kier molecular flexibility index (Phi) is 7.61. The Hall–Kier alpha value is -3.07. The lowest BCUT2D eigenvalue weighted by atomic mass is 9.52. The second kappa shape index (κ2) is 11.6. The zero-order valence-electron chi connectivity index (χ0n) is 28.1. The lowest BCUT2D eigenvalue weighted by Crippen LogP contribution is -2.51. The first-order chi connectivity index (χ1) is 22.2. The molecule has 0 radical (unpaired) electrons. The predicted molar refractivity (Wildman–Crippen MR) is 181 cm³/mol. The van der Waals surface area contributed by atoms with E-state index in [-0.39, 0.29) is 22.5 Å². The minimum Gasteiger partial charge on any atom is -0.341 e. The molecule has 1 aromatic rings. The van der Waals surface area contributed by atoms with Crippen molar-refractivity contribution >= 4 is 29.4 Å². The highest BCUT2D eigenvalue weighted by Gasteiger charge is 2.59. The summed E-state index contributed by atoms with van der Waals surface area (Å²) in [5, 5.41) is 0. The summed E-state index contributed by atoms with van der Waals surface area (Å²) in [7, 11) is 0.